The van der Waals surface area contributed by atoms with Crippen LogP contribution in [0.15, 0.2) is 4.99 Å². The molecule has 6 heteroatoms. The van der Waals surface area contributed by atoms with Gasteiger partial charge in [-0.1, -0.05) is 13.8 Å². The van der Waals surface area contributed by atoms with Crippen LogP contribution in [0.5, 0.6) is 0 Å². The molecule has 1 unspecified atom stereocenters. The molecule has 0 amide bonds. The van der Waals surface area contributed by atoms with Crippen molar-refractivity contribution < 1.29 is 8.42 Å². The van der Waals surface area contributed by atoms with Gasteiger partial charge >= 0.3 is 0 Å². The standard InChI is InChI=1S/C14H31N3O2S/c1-6-15-14(16-10-7-11-20(5,18)19)17-13(4)9-8-12(2)3/h12-13H,6-11H2,1-5H3,(H2,15,16,17). The fourth-order valence-electron chi connectivity index (χ4n) is 1.73. The van der Waals surface area contributed by atoms with E-state index in [4.69, 9.17) is 0 Å². The first-order valence-electron chi connectivity index (χ1n) is 7.47. The molecular weight excluding hydrogens is 274 g/mol. The first-order valence-corrected chi connectivity index (χ1v) is 9.53. The van der Waals surface area contributed by atoms with Crippen molar-refractivity contribution in [3.8, 4) is 0 Å². The van der Waals surface area contributed by atoms with E-state index in [9.17, 15) is 8.42 Å². The summed E-state index contributed by atoms with van der Waals surface area (Å²) in [6.07, 6.45) is 4.11. The Kier molecular flexibility index (Phi) is 9.63. The van der Waals surface area contributed by atoms with Gasteiger partial charge in [0, 0.05) is 25.4 Å². The molecule has 0 radical (unpaired) electrons. The Hall–Kier alpha value is -0.780. The number of hydrogen-bond donors (Lipinski definition) is 2. The second-order valence-electron chi connectivity index (χ2n) is 5.76. The molecule has 0 saturated heterocycles. The van der Waals surface area contributed by atoms with Crippen molar-refractivity contribution in [1.29, 1.82) is 0 Å². The Balaban J connectivity index is 4.19. The summed E-state index contributed by atoms with van der Waals surface area (Å²) in [6.45, 7) is 9.93. The predicted molar refractivity (Wildman–Crippen MR) is 87.0 cm³/mol. The Labute approximate surface area is 124 Å². The first-order chi connectivity index (χ1) is 9.24. The Morgan fingerprint density at radius 2 is 1.85 bits per heavy atom. The minimum Gasteiger partial charge on any atom is -0.357 e. The van der Waals surface area contributed by atoms with Crippen molar-refractivity contribution in [2.75, 3.05) is 25.1 Å². The van der Waals surface area contributed by atoms with Crippen molar-refractivity contribution in [1.82, 2.24) is 10.6 Å². The fraction of sp³-hybridized carbons (Fsp3) is 0.929. The summed E-state index contributed by atoms with van der Waals surface area (Å²) in [7, 11) is -2.89. The lowest BCUT2D eigenvalue weighted by atomic mass is 10.0. The monoisotopic (exact) mass is 305 g/mol. The molecule has 0 aromatic heterocycles. The maximum Gasteiger partial charge on any atom is 0.191 e. The quantitative estimate of drug-likeness (QED) is 0.387. The molecule has 0 aliphatic carbocycles. The third kappa shape index (κ3) is 12.3. The predicted octanol–water partition coefficient (Wildman–Crippen LogP) is 1.80. The highest BCUT2D eigenvalue weighted by molar-refractivity contribution is 7.90. The van der Waals surface area contributed by atoms with Crippen LogP contribution in [0.4, 0.5) is 0 Å². The summed E-state index contributed by atoms with van der Waals surface area (Å²) in [6, 6.07) is 0.366. The van der Waals surface area contributed by atoms with Crippen molar-refractivity contribution in [2.24, 2.45) is 10.9 Å². The van der Waals surface area contributed by atoms with E-state index in [1.54, 1.807) is 0 Å². The molecular formula is C14H31N3O2S. The maximum absolute atomic E-state index is 11.0. The number of aliphatic imine (C=N–C) groups is 1. The van der Waals surface area contributed by atoms with E-state index in [0.717, 1.165) is 18.9 Å². The summed E-state index contributed by atoms with van der Waals surface area (Å²) in [5, 5.41) is 6.55. The van der Waals surface area contributed by atoms with Gasteiger partial charge in [-0.05, 0) is 39.0 Å². The average molecular weight is 305 g/mol. The van der Waals surface area contributed by atoms with Crippen LogP contribution in [0.3, 0.4) is 0 Å². The zero-order chi connectivity index (χ0) is 15.6. The van der Waals surface area contributed by atoms with E-state index in [0.29, 0.717) is 24.9 Å². The van der Waals surface area contributed by atoms with E-state index >= 15 is 0 Å². The van der Waals surface area contributed by atoms with Gasteiger partial charge in [-0.25, -0.2) is 8.42 Å². The minimum atomic E-state index is -2.89. The van der Waals surface area contributed by atoms with Crippen LogP contribution in [-0.4, -0.2) is 45.5 Å². The molecule has 20 heavy (non-hydrogen) atoms. The molecule has 0 spiro atoms. The average Bonchev–Trinajstić information content (AvgIpc) is 2.31. The Bertz CT molecular complexity index is 378. The zero-order valence-corrected chi connectivity index (χ0v) is 14.4. The molecule has 0 aromatic rings. The summed E-state index contributed by atoms with van der Waals surface area (Å²) in [5.41, 5.74) is 0. The van der Waals surface area contributed by atoms with Crippen molar-refractivity contribution in [3.05, 3.63) is 0 Å². The largest absolute Gasteiger partial charge is 0.357 e. The third-order valence-corrected chi connectivity index (χ3v) is 3.88. The van der Waals surface area contributed by atoms with Crippen LogP contribution in [-0.2, 0) is 9.84 Å². The Morgan fingerprint density at radius 1 is 1.20 bits per heavy atom. The van der Waals surface area contributed by atoms with Gasteiger partial charge in [-0.15, -0.1) is 0 Å². The third-order valence-electron chi connectivity index (χ3n) is 2.85. The molecule has 0 aromatic carbocycles. The van der Waals surface area contributed by atoms with Crippen LogP contribution >= 0.6 is 0 Å². The fourth-order valence-corrected chi connectivity index (χ4v) is 2.38. The number of sulfone groups is 1. The molecule has 0 bridgehead atoms. The zero-order valence-electron chi connectivity index (χ0n) is 13.6. The molecule has 120 valence electrons. The highest BCUT2D eigenvalue weighted by atomic mass is 32.2. The topological polar surface area (TPSA) is 70.6 Å². The van der Waals surface area contributed by atoms with Gasteiger partial charge in [0.05, 0.1) is 5.75 Å². The SMILES string of the molecule is CCNC(=NCCCS(C)(=O)=O)NC(C)CCC(C)C. The number of hydrogen-bond acceptors (Lipinski definition) is 3. The second kappa shape index (κ2) is 10.0. The highest BCUT2D eigenvalue weighted by Gasteiger charge is 2.06. The van der Waals surface area contributed by atoms with Crippen LogP contribution in [0.25, 0.3) is 0 Å². The number of rotatable bonds is 9. The van der Waals surface area contributed by atoms with Gasteiger partial charge in [-0.2, -0.15) is 0 Å². The van der Waals surface area contributed by atoms with Crippen LogP contribution in [0, 0.1) is 5.92 Å². The van der Waals surface area contributed by atoms with E-state index in [2.05, 4.69) is 36.4 Å². The molecule has 0 fully saturated rings. The van der Waals surface area contributed by atoms with E-state index in [1.807, 2.05) is 6.92 Å². The molecule has 0 heterocycles. The van der Waals surface area contributed by atoms with Crippen molar-refractivity contribution >= 4 is 15.8 Å². The van der Waals surface area contributed by atoms with Crippen LogP contribution in [0.1, 0.15) is 47.0 Å². The highest BCUT2D eigenvalue weighted by Crippen LogP contribution is 2.06. The van der Waals surface area contributed by atoms with Gasteiger partial charge in [-0.3, -0.25) is 4.99 Å². The van der Waals surface area contributed by atoms with E-state index < -0.39 is 9.84 Å². The van der Waals surface area contributed by atoms with Gasteiger partial charge in [0.25, 0.3) is 0 Å². The number of nitrogens with zero attached hydrogens (tertiary/aromatic N) is 1. The second-order valence-corrected chi connectivity index (χ2v) is 8.02. The lowest BCUT2D eigenvalue weighted by Crippen LogP contribution is -2.42. The molecule has 0 rings (SSSR count). The number of nitrogens with one attached hydrogen (secondary N) is 2. The summed E-state index contributed by atoms with van der Waals surface area (Å²) >= 11 is 0. The molecule has 0 aliphatic heterocycles. The first kappa shape index (κ1) is 19.2. The molecule has 0 saturated carbocycles. The van der Waals surface area contributed by atoms with Gasteiger partial charge in [0.1, 0.15) is 9.84 Å². The van der Waals surface area contributed by atoms with E-state index in [-0.39, 0.29) is 5.75 Å². The Morgan fingerprint density at radius 3 is 2.35 bits per heavy atom. The number of guanidine groups is 1. The molecule has 2 N–H and O–H groups in total. The lowest BCUT2D eigenvalue weighted by molar-refractivity contribution is 0.489. The van der Waals surface area contributed by atoms with Gasteiger partial charge in [0.15, 0.2) is 5.96 Å². The summed E-state index contributed by atoms with van der Waals surface area (Å²) in [4.78, 5) is 4.41. The lowest BCUT2D eigenvalue weighted by Gasteiger charge is -2.18. The smallest absolute Gasteiger partial charge is 0.191 e. The minimum absolute atomic E-state index is 0.193. The van der Waals surface area contributed by atoms with Crippen molar-refractivity contribution in [2.45, 2.75) is 53.0 Å². The normalized spacial score (nSPS) is 14.4. The van der Waals surface area contributed by atoms with Gasteiger partial charge in [0.2, 0.25) is 0 Å². The van der Waals surface area contributed by atoms with Crippen LogP contribution in [0.2, 0.25) is 0 Å². The van der Waals surface area contributed by atoms with Gasteiger partial charge < -0.3 is 10.6 Å². The molecule has 0 aliphatic rings. The van der Waals surface area contributed by atoms with E-state index in [1.165, 1.54) is 12.7 Å². The summed E-state index contributed by atoms with van der Waals surface area (Å²) in [5.74, 6) is 1.67. The van der Waals surface area contributed by atoms with Crippen LogP contribution < -0.4 is 10.6 Å². The molecule has 5 nitrogen and oxygen atoms in total. The summed E-state index contributed by atoms with van der Waals surface area (Å²) < 4.78 is 22.1. The molecule has 1 atom stereocenters. The maximum atomic E-state index is 11.0. The van der Waals surface area contributed by atoms with Crippen molar-refractivity contribution in [3.63, 3.8) is 0 Å².